The van der Waals surface area contributed by atoms with E-state index in [2.05, 4.69) is 115 Å². The lowest BCUT2D eigenvalue weighted by Gasteiger charge is -2.32. The van der Waals surface area contributed by atoms with Crippen molar-refractivity contribution in [3.05, 3.63) is 307 Å². The van der Waals surface area contributed by atoms with Gasteiger partial charge in [0.1, 0.15) is 57.6 Å². The van der Waals surface area contributed by atoms with Crippen LogP contribution >= 0.6 is 23.2 Å². The number of halogens is 6. The summed E-state index contributed by atoms with van der Waals surface area (Å²) in [6, 6.07) is 41.0. The number of pyridine rings is 8. The molecule has 11 heterocycles. The second kappa shape index (κ2) is 38.6. The normalized spacial score (nSPS) is 13.2. The molecule has 0 radical (unpaired) electrons. The number of rotatable bonds is 18. The Balaban J connectivity index is 0.000000160. The number of hydrogen-bond acceptors (Lipinski definition) is 21. The first kappa shape index (κ1) is 83.2. The van der Waals surface area contributed by atoms with Gasteiger partial charge in [0.25, 0.3) is 17.7 Å². The number of anilines is 2. The highest BCUT2D eigenvalue weighted by molar-refractivity contribution is 6.62. The van der Waals surface area contributed by atoms with Gasteiger partial charge in [-0.2, -0.15) is 25.3 Å². The first-order valence-electron chi connectivity index (χ1n) is 35.2. The van der Waals surface area contributed by atoms with E-state index in [1.807, 2.05) is 54.9 Å². The highest BCUT2D eigenvalue weighted by Crippen LogP contribution is 2.37. The van der Waals surface area contributed by atoms with Crippen molar-refractivity contribution < 1.29 is 41.3 Å². The van der Waals surface area contributed by atoms with Crippen LogP contribution in [0.3, 0.4) is 0 Å². The molecule has 9 aromatic heterocycles. The molecule has 3 atom stereocenters. The van der Waals surface area contributed by atoms with Gasteiger partial charge >= 0.3 is 7.12 Å². The number of aliphatic imine (C=N–C) groups is 1. The molecular weight excluding hydrogens is 1500 g/mol. The molecule has 8 N–H and O–H groups in total. The Hall–Kier alpha value is -13.3. The van der Waals surface area contributed by atoms with Gasteiger partial charge in [0.2, 0.25) is 5.95 Å². The largest absolute Gasteiger partial charge is 0.496 e. The summed E-state index contributed by atoms with van der Waals surface area (Å²) >= 11 is 11.3. The molecule has 1 fully saturated rings. The molecule has 576 valence electrons. The molecule has 3 amide bonds. The number of nitrogens with two attached hydrogens (primary N) is 1. The third-order valence-electron chi connectivity index (χ3n) is 18.1. The summed E-state index contributed by atoms with van der Waals surface area (Å²) in [6.45, 7) is 15.4. The maximum absolute atomic E-state index is 13.5. The van der Waals surface area contributed by atoms with E-state index in [1.165, 1.54) is 73.1 Å². The Morgan fingerprint density at radius 2 is 0.974 bits per heavy atom. The number of carbonyl (C=O) groups excluding carboxylic acids is 3. The van der Waals surface area contributed by atoms with Gasteiger partial charge in [0, 0.05) is 97.4 Å². The summed E-state index contributed by atoms with van der Waals surface area (Å²) in [5.41, 5.74) is 15.8. The molecule has 0 spiro atoms. The molecule has 2 aliphatic rings. The molecule has 0 unspecified atom stereocenters. The summed E-state index contributed by atoms with van der Waals surface area (Å²) in [6.07, 6.45) is 16.0. The number of fused-ring (bicyclic) bond motifs is 2. The van der Waals surface area contributed by atoms with E-state index < -0.39 is 29.7 Å². The Labute approximate surface area is 663 Å². The van der Waals surface area contributed by atoms with E-state index in [0.29, 0.717) is 59.3 Å². The zero-order valence-electron chi connectivity index (χ0n) is 62.4. The smallest absolute Gasteiger partial charge is 0.399 e. The molecule has 25 nitrogen and oxygen atoms in total. The molecule has 2 aliphatic heterocycles. The third kappa shape index (κ3) is 22.5. The number of aromatic amines is 1. The maximum atomic E-state index is 13.5. The summed E-state index contributed by atoms with van der Waals surface area (Å²) in [5, 5.41) is 50.4. The van der Waals surface area contributed by atoms with E-state index in [9.17, 15) is 37.2 Å². The van der Waals surface area contributed by atoms with Gasteiger partial charge in [-0.1, -0.05) is 83.9 Å². The minimum atomic E-state index is -0.946. The molecule has 12 aromatic rings. The minimum absolute atomic E-state index is 0.0935. The molecule has 0 aliphatic carbocycles. The van der Waals surface area contributed by atoms with E-state index in [1.54, 1.807) is 94.2 Å². The standard InChI is InChI=1S/C27H21FN8O.C21H17ClFN5O.C15H11F2N3O.C13H17BN2O2.C6H7ClN2/c1-16(19-3-5-22(28)6-4-19)35-27(37)23-8-18(10-29)13-32-26(23)31-12-17-2-7-24(30-11-17)20-9-21-15-34-36-25(21)33-14-20;1-13(16-3-5-17(23)6-4-16)28-21(29)18-8-15(9-24)12-27-20(18)26-11-14-2-7-19(22)25-10-14;1-9(11-2-4-12(16)5-3-11)20-15(21)13-6-10(7-18)8-19-14(13)17;1-12(2)13(3,4)18-14(17-12)10-5-9-6-15-8-11(9)16-7-10;7-6-2-1-5(3-8)4-9-6/h2-9,11,13-16H,12H2,1H3,(H,31,32)(H,35,37)(H,33,34,36);2-8,10,12-13H,11H2,1H3,(H,26,27)(H,28,29);2-6,8-9H,1H3,(H,20,21);5-7H,8H2,1-4H3;1-2,4H,3,8H2/t16-;13-;9-;;/m000../s1. The van der Waals surface area contributed by atoms with Crippen molar-refractivity contribution in [2.45, 2.75) is 104 Å². The molecule has 32 heteroatoms. The van der Waals surface area contributed by atoms with Crippen molar-refractivity contribution in [3.63, 3.8) is 0 Å². The van der Waals surface area contributed by atoms with E-state index in [4.69, 9.17) is 48.8 Å². The van der Waals surface area contributed by atoms with Gasteiger partial charge in [-0.05, 0) is 161 Å². The van der Waals surface area contributed by atoms with Gasteiger partial charge < -0.3 is 41.6 Å². The molecule has 0 bridgehead atoms. The first-order valence-corrected chi connectivity index (χ1v) is 36.0. The lowest BCUT2D eigenvalue weighted by molar-refractivity contribution is 0.00578. The molecule has 1 saturated heterocycles. The monoisotopic (exact) mass is 1570 g/mol. The average Bonchev–Trinajstić information content (AvgIpc) is 1.62. The molecule has 14 rings (SSSR count). The summed E-state index contributed by atoms with van der Waals surface area (Å²) < 4.78 is 64.7. The number of amides is 3. The number of benzene rings is 3. The number of nitriles is 3. The topological polar surface area (TPSA) is 371 Å². The molecule has 114 heavy (non-hydrogen) atoms. The van der Waals surface area contributed by atoms with Crippen LogP contribution in [-0.2, 0) is 35.5 Å². The Morgan fingerprint density at radius 1 is 0.526 bits per heavy atom. The number of carbonyl (C=O) groups is 3. The van der Waals surface area contributed by atoms with Crippen LogP contribution < -0.4 is 37.8 Å². The Morgan fingerprint density at radius 3 is 1.42 bits per heavy atom. The summed E-state index contributed by atoms with van der Waals surface area (Å²) in [4.78, 5) is 75.1. The highest BCUT2D eigenvalue weighted by Gasteiger charge is 2.52. The van der Waals surface area contributed by atoms with Gasteiger partial charge in [-0.15, -0.1) is 0 Å². The molecule has 3 aromatic carbocycles. The van der Waals surface area contributed by atoms with Crippen LogP contribution in [0.15, 0.2) is 200 Å². The lowest BCUT2D eigenvalue weighted by atomic mass is 9.79. The maximum Gasteiger partial charge on any atom is 0.496 e. The zero-order chi connectivity index (χ0) is 81.6. The number of nitrogens with zero attached hydrogens (tertiary/aromatic N) is 13. The number of hydrogen-bond donors (Lipinski definition) is 7. The van der Waals surface area contributed by atoms with E-state index in [-0.39, 0.29) is 81.2 Å². The SMILES string of the molecule is CC1(C)OB(c2cnc3c(c2)C=NC3)OC1(C)C.C[C@H](NC(=O)c1cc(C#N)cnc1F)c1ccc(F)cc1.C[C@H](NC(=O)c1cc(C#N)cnc1NCc1ccc(-c2cnc3[nH]ncc3c2)nc1)c1ccc(F)cc1.C[C@H](NC(=O)c1cc(C#N)cnc1NCc1ccc(Cl)nc1)c1ccc(F)cc1.NCc1ccc(Cl)nc1. The van der Waals surface area contributed by atoms with Crippen LogP contribution in [0.4, 0.5) is 29.2 Å². The fourth-order valence-electron chi connectivity index (χ4n) is 10.9. The van der Waals surface area contributed by atoms with Gasteiger partial charge in [-0.25, -0.2) is 43.1 Å². The number of aromatic nitrogens is 10. The van der Waals surface area contributed by atoms with Crippen molar-refractivity contribution >= 4 is 82.4 Å². The molecular formula is C82H73BCl2F4N20O5. The lowest BCUT2D eigenvalue weighted by Crippen LogP contribution is -2.41. The summed E-state index contributed by atoms with van der Waals surface area (Å²) in [5.74, 6) is -2.84. The van der Waals surface area contributed by atoms with Crippen LogP contribution in [0.1, 0.15) is 159 Å². The third-order valence-corrected chi connectivity index (χ3v) is 18.5. The van der Waals surface area contributed by atoms with Crippen LogP contribution in [0.25, 0.3) is 22.3 Å². The fourth-order valence-corrected chi connectivity index (χ4v) is 11.1. The predicted octanol–water partition coefficient (Wildman–Crippen LogP) is 14.0. The Bertz CT molecular complexity index is 5530. The van der Waals surface area contributed by atoms with Crippen molar-refractivity contribution in [1.29, 1.82) is 15.8 Å². The zero-order valence-corrected chi connectivity index (χ0v) is 63.9. The van der Waals surface area contributed by atoms with Gasteiger partial charge in [-0.3, -0.25) is 34.4 Å². The summed E-state index contributed by atoms with van der Waals surface area (Å²) in [7, 11) is -0.346. The Kier molecular flexibility index (Phi) is 28.2. The number of H-pyrrole nitrogens is 1. The first-order chi connectivity index (χ1) is 54.7. The second-order valence-electron chi connectivity index (χ2n) is 26.7. The van der Waals surface area contributed by atoms with Crippen LogP contribution in [-0.4, -0.2) is 92.3 Å². The number of nitrogens with one attached hydrogen (secondary N) is 6. The van der Waals surface area contributed by atoms with Crippen LogP contribution in [0.5, 0.6) is 0 Å². The quantitative estimate of drug-likeness (QED) is 0.0238. The average molecular weight is 1580 g/mol. The van der Waals surface area contributed by atoms with E-state index in [0.717, 1.165) is 73.4 Å². The van der Waals surface area contributed by atoms with Crippen molar-refractivity contribution in [3.8, 4) is 29.5 Å². The van der Waals surface area contributed by atoms with Crippen LogP contribution in [0, 0.1) is 57.4 Å². The van der Waals surface area contributed by atoms with Crippen molar-refractivity contribution in [1.82, 2.24) is 66.0 Å². The van der Waals surface area contributed by atoms with E-state index >= 15 is 0 Å². The van der Waals surface area contributed by atoms with Crippen molar-refractivity contribution in [2.24, 2.45) is 10.7 Å². The van der Waals surface area contributed by atoms with Crippen LogP contribution in [0.2, 0.25) is 10.3 Å². The highest BCUT2D eigenvalue weighted by atomic mass is 35.5. The molecule has 0 saturated carbocycles. The predicted molar refractivity (Wildman–Crippen MR) is 423 cm³/mol. The second-order valence-corrected chi connectivity index (χ2v) is 27.5. The van der Waals surface area contributed by atoms with Gasteiger partial charge in [0.15, 0.2) is 5.65 Å². The minimum Gasteiger partial charge on any atom is -0.399 e. The van der Waals surface area contributed by atoms with Crippen molar-refractivity contribution in [2.75, 3.05) is 10.6 Å². The van der Waals surface area contributed by atoms with Gasteiger partial charge in [0.05, 0.1) is 86.8 Å². The fraction of sp³-hybridized carbons (Fsp3) is 0.195.